The van der Waals surface area contributed by atoms with Crippen molar-refractivity contribution in [3.63, 3.8) is 0 Å². The molecule has 3 atom stereocenters. The Morgan fingerprint density at radius 3 is 2.88 bits per heavy atom. The quantitative estimate of drug-likeness (QED) is 0.848. The molecule has 0 aromatic carbocycles. The van der Waals surface area contributed by atoms with Crippen molar-refractivity contribution >= 4 is 29.8 Å². The molecular formula is C11H14Cl2N2O. The van der Waals surface area contributed by atoms with E-state index in [9.17, 15) is 0 Å². The van der Waals surface area contributed by atoms with E-state index in [0.29, 0.717) is 23.8 Å². The zero-order valence-electron chi connectivity index (χ0n) is 8.73. The van der Waals surface area contributed by atoms with Crippen molar-refractivity contribution in [3.8, 4) is 0 Å². The van der Waals surface area contributed by atoms with Gasteiger partial charge in [-0.25, -0.2) is 4.98 Å². The minimum absolute atomic E-state index is 0. The molecule has 0 spiro atoms. The predicted octanol–water partition coefficient (Wildman–Crippen LogP) is 2.30. The van der Waals surface area contributed by atoms with Gasteiger partial charge < -0.3 is 10.1 Å². The highest BCUT2D eigenvalue weighted by Crippen LogP contribution is 2.45. The molecule has 3 rings (SSSR count). The van der Waals surface area contributed by atoms with Crippen LogP contribution >= 0.6 is 24.0 Å². The Labute approximate surface area is 106 Å². The molecule has 0 bridgehead atoms. The number of hydrogen-bond acceptors (Lipinski definition) is 3. The number of alkyl halides is 1. The Morgan fingerprint density at radius 1 is 1.44 bits per heavy atom. The fraction of sp³-hybridized carbons (Fsp3) is 0.545. The number of aromatic nitrogens is 1. The summed E-state index contributed by atoms with van der Waals surface area (Å²) in [6, 6.07) is 4.52. The first kappa shape index (κ1) is 12.0. The molecule has 88 valence electrons. The van der Waals surface area contributed by atoms with E-state index in [-0.39, 0.29) is 12.4 Å². The van der Waals surface area contributed by atoms with Crippen molar-refractivity contribution in [1.82, 2.24) is 4.98 Å². The zero-order valence-corrected chi connectivity index (χ0v) is 10.3. The predicted molar refractivity (Wildman–Crippen MR) is 66.3 cm³/mol. The van der Waals surface area contributed by atoms with Crippen LogP contribution in [0, 0.1) is 11.8 Å². The van der Waals surface area contributed by atoms with Crippen LogP contribution in [-0.4, -0.2) is 24.2 Å². The molecule has 1 aromatic rings. The summed E-state index contributed by atoms with van der Waals surface area (Å²) >= 11 is 5.77. The lowest BCUT2D eigenvalue weighted by Crippen LogP contribution is -2.13. The van der Waals surface area contributed by atoms with Crippen molar-refractivity contribution in [3.05, 3.63) is 23.9 Å². The Kier molecular flexibility index (Phi) is 3.57. The second kappa shape index (κ2) is 4.78. The first-order chi connectivity index (χ1) is 7.38. The van der Waals surface area contributed by atoms with Gasteiger partial charge in [-0.3, -0.25) is 0 Å². The first-order valence-electron chi connectivity index (χ1n) is 5.23. The maximum atomic E-state index is 5.77. The number of halogens is 2. The molecule has 2 aliphatic rings. The van der Waals surface area contributed by atoms with E-state index in [1.807, 2.05) is 12.1 Å². The van der Waals surface area contributed by atoms with Gasteiger partial charge in [0, 0.05) is 30.0 Å². The number of fused-ring (bicyclic) bond motifs is 1. The lowest BCUT2D eigenvalue weighted by atomic mass is 10.3. The van der Waals surface area contributed by atoms with Gasteiger partial charge in [0.25, 0.3) is 0 Å². The van der Waals surface area contributed by atoms with Crippen molar-refractivity contribution < 1.29 is 4.74 Å². The summed E-state index contributed by atoms with van der Waals surface area (Å²) in [5, 5.41) is 3.44. The van der Waals surface area contributed by atoms with Gasteiger partial charge in [-0.2, -0.15) is 0 Å². The fourth-order valence-corrected chi connectivity index (χ4v) is 2.43. The SMILES string of the molecule is Cl.ClCc1ccnc(NC2[C@H]3COC[C@@H]23)c1. The van der Waals surface area contributed by atoms with Gasteiger partial charge in [0.1, 0.15) is 5.82 Å². The molecule has 5 heteroatoms. The number of rotatable bonds is 3. The van der Waals surface area contributed by atoms with Crippen LogP contribution in [-0.2, 0) is 10.6 Å². The molecule has 2 fully saturated rings. The van der Waals surface area contributed by atoms with Gasteiger partial charge in [-0.15, -0.1) is 24.0 Å². The monoisotopic (exact) mass is 260 g/mol. The summed E-state index contributed by atoms with van der Waals surface area (Å²) in [5.74, 6) is 2.88. The Morgan fingerprint density at radius 2 is 2.19 bits per heavy atom. The standard InChI is InChI=1S/C11H13ClN2O.ClH/c12-4-7-1-2-13-10(3-7)14-11-8-5-15-6-9(8)11;/h1-3,8-9,11H,4-6H2,(H,13,14);1H/t8-,9+,11?;. The highest BCUT2D eigenvalue weighted by Gasteiger charge is 2.54. The summed E-state index contributed by atoms with van der Waals surface area (Å²) < 4.78 is 5.34. The van der Waals surface area contributed by atoms with Crippen LogP contribution in [0.1, 0.15) is 5.56 Å². The van der Waals surface area contributed by atoms with Gasteiger partial charge in [0.15, 0.2) is 0 Å². The molecule has 1 N–H and O–H groups in total. The van der Waals surface area contributed by atoms with E-state index in [0.717, 1.165) is 24.6 Å². The molecular weight excluding hydrogens is 247 g/mol. The molecule has 1 aliphatic carbocycles. The van der Waals surface area contributed by atoms with E-state index >= 15 is 0 Å². The zero-order chi connectivity index (χ0) is 10.3. The van der Waals surface area contributed by atoms with Crippen LogP contribution < -0.4 is 5.32 Å². The largest absolute Gasteiger partial charge is 0.381 e. The van der Waals surface area contributed by atoms with Crippen LogP contribution in [0.5, 0.6) is 0 Å². The summed E-state index contributed by atoms with van der Waals surface area (Å²) in [4.78, 5) is 4.28. The lowest BCUT2D eigenvalue weighted by Gasteiger charge is -2.08. The third kappa shape index (κ3) is 2.12. The number of hydrogen-bond donors (Lipinski definition) is 1. The Bertz CT molecular complexity index is 365. The Balaban J connectivity index is 0.000000963. The number of nitrogens with one attached hydrogen (secondary N) is 1. The van der Waals surface area contributed by atoms with Crippen molar-refractivity contribution in [2.24, 2.45) is 11.8 Å². The van der Waals surface area contributed by atoms with Gasteiger partial charge in [-0.1, -0.05) is 0 Å². The number of pyridine rings is 1. The van der Waals surface area contributed by atoms with E-state index in [1.165, 1.54) is 0 Å². The minimum Gasteiger partial charge on any atom is -0.381 e. The molecule has 0 radical (unpaired) electrons. The molecule has 16 heavy (non-hydrogen) atoms. The molecule has 1 saturated heterocycles. The topological polar surface area (TPSA) is 34.2 Å². The summed E-state index contributed by atoms with van der Waals surface area (Å²) in [5.41, 5.74) is 1.11. The number of ether oxygens (including phenoxy) is 1. The third-order valence-corrected chi connectivity index (χ3v) is 3.55. The molecule has 1 saturated carbocycles. The number of anilines is 1. The molecule has 1 unspecified atom stereocenters. The summed E-state index contributed by atoms with van der Waals surface area (Å²) in [6.45, 7) is 1.80. The van der Waals surface area contributed by atoms with Crippen LogP contribution in [0.25, 0.3) is 0 Å². The van der Waals surface area contributed by atoms with E-state index in [4.69, 9.17) is 16.3 Å². The van der Waals surface area contributed by atoms with E-state index in [1.54, 1.807) is 6.20 Å². The van der Waals surface area contributed by atoms with Gasteiger partial charge in [0.05, 0.1) is 13.2 Å². The molecule has 2 heterocycles. The number of nitrogens with zero attached hydrogens (tertiary/aromatic N) is 1. The third-order valence-electron chi connectivity index (χ3n) is 3.25. The van der Waals surface area contributed by atoms with Gasteiger partial charge >= 0.3 is 0 Å². The van der Waals surface area contributed by atoms with Crippen molar-refractivity contribution in [1.29, 1.82) is 0 Å². The van der Waals surface area contributed by atoms with Crippen molar-refractivity contribution in [2.45, 2.75) is 11.9 Å². The molecule has 1 aliphatic heterocycles. The Hall–Kier alpha value is -0.510. The van der Waals surface area contributed by atoms with Crippen LogP contribution in [0.15, 0.2) is 18.3 Å². The van der Waals surface area contributed by atoms with E-state index in [2.05, 4.69) is 10.3 Å². The van der Waals surface area contributed by atoms with Crippen LogP contribution in [0.4, 0.5) is 5.82 Å². The average Bonchev–Trinajstić information content (AvgIpc) is 2.75. The van der Waals surface area contributed by atoms with Crippen molar-refractivity contribution in [2.75, 3.05) is 18.5 Å². The van der Waals surface area contributed by atoms with Crippen LogP contribution in [0.2, 0.25) is 0 Å². The van der Waals surface area contributed by atoms with Gasteiger partial charge in [0.2, 0.25) is 0 Å². The molecule has 1 aromatic heterocycles. The minimum atomic E-state index is 0. The fourth-order valence-electron chi connectivity index (χ4n) is 2.26. The first-order valence-corrected chi connectivity index (χ1v) is 5.77. The lowest BCUT2D eigenvalue weighted by molar-refractivity contribution is 0.162. The maximum absolute atomic E-state index is 5.77. The summed E-state index contributed by atoms with van der Waals surface area (Å²) in [7, 11) is 0. The highest BCUT2D eigenvalue weighted by molar-refractivity contribution is 6.17. The van der Waals surface area contributed by atoms with Crippen LogP contribution in [0.3, 0.4) is 0 Å². The highest BCUT2D eigenvalue weighted by atomic mass is 35.5. The normalized spacial score (nSPS) is 30.4. The smallest absolute Gasteiger partial charge is 0.126 e. The van der Waals surface area contributed by atoms with Gasteiger partial charge in [-0.05, 0) is 17.7 Å². The second-order valence-electron chi connectivity index (χ2n) is 4.22. The second-order valence-corrected chi connectivity index (χ2v) is 4.49. The maximum Gasteiger partial charge on any atom is 0.126 e. The average molecular weight is 261 g/mol. The van der Waals surface area contributed by atoms with E-state index < -0.39 is 0 Å². The molecule has 3 nitrogen and oxygen atoms in total. The molecule has 0 amide bonds. The summed E-state index contributed by atoms with van der Waals surface area (Å²) in [6.07, 6.45) is 1.80.